The third-order valence-corrected chi connectivity index (χ3v) is 3.79. The third kappa shape index (κ3) is 6.08. The van der Waals surface area contributed by atoms with E-state index < -0.39 is 11.9 Å². The lowest BCUT2D eigenvalue weighted by Gasteiger charge is -2.12. The Hall–Kier alpha value is -3.42. The number of methoxy groups -OCH3 is 2. The number of carbonyl (C=O) groups is 2. The SMILES string of the molecule is CCCCOc1cccc(C(=O)NNC(=O)Nc2ccc(OC)c(OC)c2)c1. The number of urea groups is 1. The number of anilines is 1. The zero-order valence-corrected chi connectivity index (χ0v) is 16.2. The molecule has 0 aromatic heterocycles. The molecule has 28 heavy (non-hydrogen) atoms. The molecule has 0 heterocycles. The van der Waals surface area contributed by atoms with Gasteiger partial charge in [-0.2, -0.15) is 0 Å². The number of unbranched alkanes of at least 4 members (excludes halogenated alkanes) is 1. The van der Waals surface area contributed by atoms with E-state index >= 15 is 0 Å². The molecule has 8 nitrogen and oxygen atoms in total. The predicted octanol–water partition coefficient (Wildman–Crippen LogP) is 3.35. The number of hydrazine groups is 1. The number of amides is 3. The van der Waals surface area contributed by atoms with Crippen molar-refractivity contribution in [3.8, 4) is 17.2 Å². The van der Waals surface area contributed by atoms with Crippen LogP contribution in [0.1, 0.15) is 30.1 Å². The topological polar surface area (TPSA) is 97.9 Å². The minimum atomic E-state index is -0.601. The van der Waals surface area contributed by atoms with Crippen molar-refractivity contribution in [3.05, 3.63) is 48.0 Å². The van der Waals surface area contributed by atoms with Crippen molar-refractivity contribution < 1.29 is 23.8 Å². The molecule has 0 fully saturated rings. The normalized spacial score (nSPS) is 9.96. The highest BCUT2D eigenvalue weighted by Gasteiger charge is 2.10. The first-order chi connectivity index (χ1) is 13.6. The van der Waals surface area contributed by atoms with Crippen LogP contribution in [0.25, 0.3) is 0 Å². The van der Waals surface area contributed by atoms with E-state index in [0.29, 0.717) is 35.1 Å². The van der Waals surface area contributed by atoms with E-state index in [2.05, 4.69) is 23.1 Å². The van der Waals surface area contributed by atoms with Crippen molar-refractivity contribution >= 4 is 17.6 Å². The summed E-state index contributed by atoms with van der Waals surface area (Å²) in [6.07, 6.45) is 1.97. The lowest BCUT2D eigenvalue weighted by molar-refractivity contribution is 0.0937. The highest BCUT2D eigenvalue weighted by atomic mass is 16.5. The third-order valence-electron chi connectivity index (χ3n) is 3.79. The van der Waals surface area contributed by atoms with Gasteiger partial charge in [-0.25, -0.2) is 10.2 Å². The molecule has 2 rings (SSSR count). The second-order valence-corrected chi connectivity index (χ2v) is 5.83. The molecule has 0 atom stereocenters. The van der Waals surface area contributed by atoms with Crippen molar-refractivity contribution in [1.82, 2.24) is 10.9 Å². The average molecular weight is 387 g/mol. The summed E-state index contributed by atoms with van der Waals surface area (Å²) in [6, 6.07) is 11.1. The number of carbonyl (C=O) groups excluding carboxylic acids is 2. The Bertz CT molecular complexity index is 810. The lowest BCUT2D eigenvalue weighted by atomic mass is 10.2. The average Bonchev–Trinajstić information content (AvgIpc) is 2.72. The fourth-order valence-corrected chi connectivity index (χ4v) is 2.32. The Morgan fingerprint density at radius 3 is 2.46 bits per heavy atom. The maximum Gasteiger partial charge on any atom is 0.337 e. The maximum absolute atomic E-state index is 12.2. The molecular weight excluding hydrogens is 362 g/mol. The fourth-order valence-electron chi connectivity index (χ4n) is 2.32. The molecule has 0 radical (unpaired) electrons. The summed E-state index contributed by atoms with van der Waals surface area (Å²) in [6.45, 7) is 2.67. The number of benzene rings is 2. The van der Waals surface area contributed by atoms with E-state index in [-0.39, 0.29) is 0 Å². The van der Waals surface area contributed by atoms with Crippen LogP contribution in [-0.4, -0.2) is 32.8 Å². The van der Waals surface area contributed by atoms with E-state index in [4.69, 9.17) is 14.2 Å². The van der Waals surface area contributed by atoms with Crippen molar-refractivity contribution in [2.75, 3.05) is 26.1 Å². The van der Waals surface area contributed by atoms with Gasteiger partial charge in [0, 0.05) is 17.3 Å². The first kappa shape index (κ1) is 20.9. The largest absolute Gasteiger partial charge is 0.494 e. The standard InChI is InChI=1S/C20H25N3O5/c1-4-5-11-28-16-8-6-7-14(12-16)19(24)22-23-20(25)21-15-9-10-17(26-2)18(13-15)27-3/h6-10,12-13H,4-5,11H2,1-3H3,(H,22,24)(H2,21,23,25). The van der Waals surface area contributed by atoms with E-state index in [1.807, 2.05) is 0 Å². The summed E-state index contributed by atoms with van der Waals surface area (Å²) >= 11 is 0. The lowest BCUT2D eigenvalue weighted by Crippen LogP contribution is -2.43. The van der Waals surface area contributed by atoms with Gasteiger partial charge in [0.1, 0.15) is 5.75 Å². The van der Waals surface area contributed by atoms with Crippen LogP contribution in [-0.2, 0) is 0 Å². The van der Waals surface area contributed by atoms with Crippen LogP contribution in [0.15, 0.2) is 42.5 Å². The summed E-state index contributed by atoms with van der Waals surface area (Å²) in [5.74, 6) is 1.17. The Morgan fingerprint density at radius 1 is 0.964 bits per heavy atom. The van der Waals surface area contributed by atoms with E-state index in [9.17, 15) is 9.59 Å². The summed E-state index contributed by atoms with van der Waals surface area (Å²) in [5, 5.41) is 2.60. The minimum absolute atomic E-state index is 0.375. The molecule has 2 aromatic rings. The van der Waals surface area contributed by atoms with Crippen LogP contribution in [0.2, 0.25) is 0 Å². The zero-order valence-electron chi connectivity index (χ0n) is 16.2. The van der Waals surface area contributed by atoms with E-state index in [1.54, 1.807) is 42.5 Å². The molecule has 2 aromatic carbocycles. The van der Waals surface area contributed by atoms with Crippen LogP contribution in [0.4, 0.5) is 10.5 Å². The minimum Gasteiger partial charge on any atom is -0.494 e. The van der Waals surface area contributed by atoms with Gasteiger partial charge in [-0.3, -0.25) is 10.2 Å². The molecule has 0 unspecified atom stereocenters. The highest BCUT2D eigenvalue weighted by molar-refractivity contribution is 5.97. The second kappa shape index (κ2) is 10.7. The second-order valence-electron chi connectivity index (χ2n) is 5.83. The molecule has 0 saturated heterocycles. The number of hydrogen-bond donors (Lipinski definition) is 3. The first-order valence-corrected chi connectivity index (χ1v) is 8.89. The monoisotopic (exact) mass is 387 g/mol. The predicted molar refractivity (Wildman–Crippen MR) is 106 cm³/mol. The number of ether oxygens (including phenoxy) is 3. The Balaban J connectivity index is 1.88. The van der Waals surface area contributed by atoms with Gasteiger partial charge in [0.2, 0.25) is 0 Å². The molecule has 0 bridgehead atoms. The van der Waals surface area contributed by atoms with Crippen molar-refractivity contribution in [2.24, 2.45) is 0 Å². The van der Waals surface area contributed by atoms with Crippen molar-refractivity contribution in [3.63, 3.8) is 0 Å². The van der Waals surface area contributed by atoms with Crippen molar-refractivity contribution in [1.29, 1.82) is 0 Å². The van der Waals surface area contributed by atoms with E-state index in [1.165, 1.54) is 14.2 Å². The summed E-state index contributed by atoms with van der Waals surface area (Å²) in [5.41, 5.74) is 5.51. The smallest absolute Gasteiger partial charge is 0.337 e. The molecule has 3 amide bonds. The number of nitrogens with one attached hydrogen (secondary N) is 3. The molecule has 150 valence electrons. The summed E-state index contributed by atoms with van der Waals surface area (Å²) in [7, 11) is 3.03. The molecule has 0 spiro atoms. The van der Waals surface area contributed by atoms with Gasteiger partial charge in [0.25, 0.3) is 5.91 Å². The number of hydrogen-bond acceptors (Lipinski definition) is 5. The van der Waals surface area contributed by atoms with Crippen LogP contribution in [0.5, 0.6) is 17.2 Å². The van der Waals surface area contributed by atoms with Crippen LogP contribution in [0.3, 0.4) is 0 Å². The van der Waals surface area contributed by atoms with Gasteiger partial charge >= 0.3 is 6.03 Å². The van der Waals surface area contributed by atoms with Gasteiger partial charge in [-0.05, 0) is 36.8 Å². The fraction of sp³-hybridized carbons (Fsp3) is 0.300. The summed E-state index contributed by atoms with van der Waals surface area (Å²) in [4.78, 5) is 24.2. The Kier molecular flexibility index (Phi) is 7.95. The zero-order chi connectivity index (χ0) is 20.4. The van der Waals surface area contributed by atoms with Gasteiger partial charge in [0.15, 0.2) is 11.5 Å². The Morgan fingerprint density at radius 2 is 1.75 bits per heavy atom. The van der Waals surface area contributed by atoms with Crippen LogP contribution < -0.4 is 30.4 Å². The summed E-state index contributed by atoms with van der Waals surface area (Å²) < 4.78 is 15.9. The van der Waals surface area contributed by atoms with Crippen LogP contribution in [0, 0.1) is 0 Å². The van der Waals surface area contributed by atoms with Gasteiger partial charge in [0.05, 0.1) is 20.8 Å². The van der Waals surface area contributed by atoms with Crippen LogP contribution >= 0.6 is 0 Å². The van der Waals surface area contributed by atoms with Gasteiger partial charge < -0.3 is 19.5 Å². The molecule has 0 aliphatic carbocycles. The van der Waals surface area contributed by atoms with Crippen molar-refractivity contribution in [2.45, 2.75) is 19.8 Å². The molecule has 0 saturated carbocycles. The highest BCUT2D eigenvalue weighted by Crippen LogP contribution is 2.29. The number of rotatable bonds is 8. The van der Waals surface area contributed by atoms with Gasteiger partial charge in [-0.15, -0.1) is 0 Å². The van der Waals surface area contributed by atoms with Gasteiger partial charge in [-0.1, -0.05) is 19.4 Å². The molecule has 0 aliphatic heterocycles. The quantitative estimate of drug-likeness (QED) is 0.477. The first-order valence-electron chi connectivity index (χ1n) is 8.89. The molecule has 3 N–H and O–H groups in total. The molecule has 0 aliphatic rings. The Labute approximate surface area is 164 Å². The van der Waals surface area contributed by atoms with E-state index in [0.717, 1.165) is 12.8 Å². The molecule has 8 heteroatoms. The molecular formula is C20H25N3O5. The maximum atomic E-state index is 12.2.